The molecule has 0 saturated heterocycles. The third kappa shape index (κ3) is 3.54. The lowest BCUT2D eigenvalue weighted by atomic mass is 10.1. The molecule has 2 aromatic heterocycles. The van der Waals surface area contributed by atoms with Crippen molar-refractivity contribution in [2.45, 2.75) is 31.4 Å². The Morgan fingerprint density at radius 2 is 1.78 bits per heavy atom. The van der Waals surface area contributed by atoms with Crippen molar-refractivity contribution in [3.05, 3.63) is 51.7 Å². The Labute approximate surface area is 149 Å². The number of aliphatic hydroxyl groups excluding tert-OH is 1. The number of benzene rings is 1. The summed E-state index contributed by atoms with van der Waals surface area (Å²) in [7, 11) is -9.75. The minimum Gasteiger partial charge on any atom is -0.390 e. The molecule has 0 spiro atoms. The van der Waals surface area contributed by atoms with Gasteiger partial charge in [-0.1, -0.05) is 31.6 Å². The number of nitrogens with one attached hydrogen (secondary N) is 1. The first-order valence-electron chi connectivity index (χ1n) is 7.64. The molecule has 0 amide bonds. The first-order valence-corrected chi connectivity index (χ1v) is 9.59. The molecule has 1 atom stereocenters. The van der Waals surface area contributed by atoms with Crippen molar-refractivity contribution in [2.24, 2.45) is 0 Å². The summed E-state index contributed by atoms with van der Waals surface area (Å²) < 4.78 is 65.5. The van der Waals surface area contributed by atoms with Gasteiger partial charge in [-0.3, -0.25) is 4.79 Å². The summed E-state index contributed by atoms with van der Waals surface area (Å²) in [5.41, 5.74) is -0.0932. The molecule has 0 fully saturated rings. The molecule has 27 heavy (non-hydrogen) atoms. The largest absolute Gasteiger partial charge is 0.390 e. The second-order valence-corrected chi connectivity index (χ2v) is 8.52. The molecular formula is C15H15F5N4O2S. The van der Waals surface area contributed by atoms with E-state index in [-0.39, 0.29) is 28.1 Å². The van der Waals surface area contributed by atoms with Gasteiger partial charge in [-0.15, -0.1) is 0 Å². The predicted octanol–water partition coefficient (Wildman–Crippen LogP) is 4.19. The quantitative estimate of drug-likeness (QED) is 0.632. The van der Waals surface area contributed by atoms with Gasteiger partial charge in [0.1, 0.15) is 21.8 Å². The Kier molecular flexibility index (Phi) is 3.78. The van der Waals surface area contributed by atoms with Crippen LogP contribution in [0.5, 0.6) is 0 Å². The van der Waals surface area contributed by atoms with Gasteiger partial charge >= 0.3 is 10.2 Å². The van der Waals surface area contributed by atoms with Crippen LogP contribution in [0.1, 0.15) is 30.0 Å². The second kappa shape index (κ2) is 5.29. The average Bonchev–Trinajstić information content (AvgIpc) is 2.91. The maximum atomic E-state index is 12.9. The summed E-state index contributed by atoms with van der Waals surface area (Å²) in [4.78, 5) is 16.8. The fourth-order valence-corrected chi connectivity index (χ4v) is 3.40. The number of hydrogen-bond donors (Lipinski definition) is 2. The Morgan fingerprint density at radius 3 is 2.30 bits per heavy atom. The highest BCUT2D eigenvalue weighted by molar-refractivity contribution is 8.45. The number of rotatable bonds is 4. The zero-order valence-electron chi connectivity index (χ0n) is 14.1. The van der Waals surface area contributed by atoms with E-state index in [9.17, 15) is 29.3 Å². The molecule has 2 N–H and O–H groups in total. The van der Waals surface area contributed by atoms with Crippen LogP contribution in [0.3, 0.4) is 0 Å². The maximum Gasteiger partial charge on any atom is 0.310 e. The third-order valence-electron chi connectivity index (χ3n) is 4.08. The molecule has 0 unspecified atom stereocenters. The molecule has 1 aromatic carbocycles. The highest BCUT2D eigenvalue weighted by atomic mass is 32.5. The van der Waals surface area contributed by atoms with E-state index in [4.69, 9.17) is 0 Å². The van der Waals surface area contributed by atoms with Crippen LogP contribution >= 0.6 is 10.2 Å². The molecule has 0 radical (unpaired) electrons. The number of hydrogen-bond acceptors (Lipinski definition) is 4. The van der Waals surface area contributed by atoms with Crippen molar-refractivity contribution in [2.75, 3.05) is 0 Å². The molecule has 2 heterocycles. The van der Waals surface area contributed by atoms with Crippen LogP contribution in [-0.2, 0) is 6.61 Å². The van der Waals surface area contributed by atoms with Crippen molar-refractivity contribution in [3.63, 3.8) is 0 Å². The van der Waals surface area contributed by atoms with E-state index in [1.807, 2.05) is 0 Å². The second-order valence-electron chi connectivity index (χ2n) is 6.11. The SMILES string of the molecule is Cc1nc2c(c(CO)nn2[C@H](C)c2ccc(S(F)(F)(F)(F)F)cc2)c(=O)[nH]1. The van der Waals surface area contributed by atoms with E-state index in [0.29, 0.717) is 12.1 Å². The minimum atomic E-state index is -9.75. The van der Waals surface area contributed by atoms with Crippen molar-refractivity contribution in [1.82, 2.24) is 19.7 Å². The molecule has 12 heteroatoms. The van der Waals surface area contributed by atoms with Gasteiger partial charge in [0.2, 0.25) is 0 Å². The fourth-order valence-electron chi connectivity index (χ4n) is 2.75. The lowest BCUT2D eigenvalue weighted by Gasteiger charge is -2.40. The average molecular weight is 410 g/mol. The van der Waals surface area contributed by atoms with Gasteiger partial charge in [-0.25, -0.2) is 9.67 Å². The van der Waals surface area contributed by atoms with Crippen LogP contribution in [0.2, 0.25) is 0 Å². The number of aryl methyl sites for hydroxylation is 1. The summed E-state index contributed by atoms with van der Waals surface area (Å²) >= 11 is 0. The zero-order chi connectivity index (χ0) is 20.3. The van der Waals surface area contributed by atoms with E-state index in [1.54, 1.807) is 6.92 Å². The van der Waals surface area contributed by atoms with Gasteiger partial charge in [0.25, 0.3) is 5.56 Å². The molecule has 0 saturated carbocycles. The van der Waals surface area contributed by atoms with Crippen LogP contribution in [0.15, 0.2) is 34.0 Å². The van der Waals surface area contributed by atoms with E-state index < -0.39 is 33.3 Å². The minimum absolute atomic E-state index is 0.0502. The predicted molar refractivity (Wildman–Crippen MR) is 90.5 cm³/mol. The van der Waals surface area contributed by atoms with Crippen LogP contribution in [-0.4, -0.2) is 24.9 Å². The van der Waals surface area contributed by atoms with Gasteiger partial charge in [0.05, 0.1) is 12.6 Å². The van der Waals surface area contributed by atoms with Crippen LogP contribution in [0, 0.1) is 6.92 Å². The van der Waals surface area contributed by atoms with E-state index in [1.165, 1.54) is 11.6 Å². The van der Waals surface area contributed by atoms with Gasteiger partial charge in [0.15, 0.2) is 5.65 Å². The summed E-state index contributed by atoms with van der Waals surface area (Å²) in [6.07, 6.45) is 0. The number of fused-ring (bicyclic) bond motifs is 1. The smallest absolute Gasteiger partial charge is 0.310 e. The van der Waals surface area contributed by atoms with Crippen molar-refractivity contribution in [3.8, 4) is 0 Å². The lowest BCUT2D eigenvalue weighted by Crippen LogP contribution is -2.13. The molecule has 3 rings (SSSR count). The Hall–Kier alpha value is -2.47. The molecule has 0 aliphatic rings. The molecule has 0 aliphatic carbocycles. The number of aliphatic hydroxyl groups is 1. The Morgan fingerprint density at radius 1 is 1.19 bits per heavy atom. The van der Waals surface area contributed by atoms with Gasteiger partial charge in [-0.05, 0) is 31.5 Å². The standard InChI is InChI=1S/C15H15F5N4O2S/c1-8(10-3-5-11(6-4-10)27(16,17,18,19)20)24-14-13(12(7-25)23-24)15(26)22-9(2)21-14/h3-6,8,25H,7H2,1-2H3,(H,21,22,26)/t8-/m1/s1. The molecule has 3 aromatic rings. The zero-order valence-corrected chi connectivity index (χ0v) is 14.9. The topological polar surface area (TPSA) is 83.8 Å². The van der Waals surface area contributed by atoms with Gasteiger partial charge < -0.3 is 10.1 Å². The fraction of sp³-hybridized carbons (Fsp3) is 0.267. The molecule has 0 aliphatic heterocycles. The van der Waals surface area contributed by atoms with Crippen molar-refractivity contribution in [1.29, 1.82) is 0 Å². The number of aromatic amines is 1. The van der Waals surface area contributed by atoms with Crippen LogP contribution < -0.4 is 5.56 Å². The summed E-state index contributed by atoms with van der Waals surface area (Å²) in [6, 6.07) is 1.75. The highest BCUT2D eigenvalue weighted by Gasteiger charge is 2.65. The van der Waals surface area contributed by atoms with Crippen molar-refractivity contribution < 1.29 is 24.5 Å². The van der Waals surface area contributed by atoms with Crippen LogP contribution in [0.25, 0.3) is 11.0 Å². The number of aromatic nitrogens is 4. The summed E-state index contributed by atoms with van der Waals surface area (Å²) in [5.74, 6) is 0.279. The highest BCUT2D eigenvalue weighted by Crippen LogP contribution is 3.02. The van der Waals surface area contributed by atoms with Crippen LogP contribution in [0.4, 0.5) is 19.4 Å². The Balaban J connectivity index is 2.12. The monoisotopic (exact) mass is 410 g/mol. The maximum absolute atomic E-state index is 12.9. The van der Waals surface area contributed by atoms with E-state index in [0.717, 1.165) is 12.1 Å². The first-order chi connectivity index (χ1) is 12.2. The normalized spacial score (nSPS) is 16.1. The van der Waals surface area contributed by atoms with Gasteiger partial charge in [-0.2, -0.15) is 5.10 Å². The number of halogens is 5. The molecule has 148 valence electrons. The van der Waals surface area contributed by atoms with E-state index >= 15 is 0 Å². The molecule has 6 nitrogen and oxygen atoms in total. The number of H-pyrrole nitrogens is 1. The lowest BCUT2D eigenvalue weighted by molar-refractivity contribution is 0.276. The molecular weight excluding hydrogens is 395 g/mol. The van der Waals surface area contributed by atoms with Crippen molar-refractivity contribution >= 4 is 21.3 Å². The Bertz CT molecular complexity index is 1090. The number of nitrogens with zero attached hydrogens (tertiary/aromatic N) is 3. The molecule has 0 bridgehead atoms. The van der Waals surface area contributed by atoms with E-state index in [2.05, 4.69) is 15.1 Å². The first kappa shape index (κ1) is 19.3. The summed E-state index contributed by atoms with van der Waals surface area (Å²) in [5, 5.41) is 13.6. The summed E-state index contributed by atoms with van der Waals surface area (Å²) in [6.45, 7) is 2.54. The van der Waals surface area contributed by atoms with Gasteiger partial charge in [0, 0.05) is 0 Å². The third-order valence-corrected chi connectivity index (χ3v) is 5.24.